The van der Waals surface area contributed by atoms with Crippen molar-refractivity contribution >= 4 is 18.1 Å². The molecule has 114 valence electrons. The minimum absolute atomic E-state index is 0.136. The summed E-state index contributed by atoms with van der Waals surface area (Å²) in [6, 6.07) is 0.317. The molecular weight excluding hydrogens is 270 g/mol. The van der Waals surface area contributed by atoms with Crippen LogP contribution in [0.2, 0.25) is 0 Å². The number of nitrogens with zero attached hydrogens (tertiary/aromatic N) is 4. The Labute approximate surface area is 124 Å². The smallest absolute Gasteiger partial charge is 0.274 e. The van der Waals surface area contributed by atoms with Crippen molar-refractivity contribution in [3.8, 4) is 0 Å². The van der Waals surface area contributed by atoms with Gasteiger partial charge in [0.05, 0.1) is 12.4 Å². The molecule has 1 aliphatic rings. The zero-order valence-corrected chi connectivity index (χ0v) is 12.5. The zero-order valence-electron chi connectivity index (χ0n) is 12.5. The Morgan fingerprint density at radius 3 is 2.57 bits per heavy atom. The van der Waals surface area contributed by atoms with E-state index in [1.54, 1.807) is 16.0 Å². The van der Waals surface area contributed by atoms with E-state index < -0.39 is 0 Å². The number of carbonyl (C=O) groups excluding carboxylic acids is 2. The second-order valence-corrected chi connectivity index (χ2v) is 5.17. The van der Waals surface area contributed by atoms with Crippen LogP contribution in [0.3, 0.4) is 0 Å². The van der Waals surface area contributed by atoms with E-state index in [2.05, 4.69) is 29.1 Å². The summed E-state index contributed by atoms with van der Waals surface area (Å²) in [6.45, 7) is 6.35. The lowest BCUT2D eigenvalue weighted by Gasteiger charge is -2.32. The summed E-state index contributed by atoms with van der Waals surface area (Å²) < 4.78 is 0. The fraction of sp³-hybridized carbons (Fsp3) is 0.571. The van der Waals surface area contributed by atoms with Gasteiger partial charge in [-0.05, 0) is 13.3 Å². The van der Waals surface area contributed by atoms with Gasteiger partial charge in [-0.3, -0.25) is 9.59 Å². The third-order valence-electron chi connectivity index (χ3n) is 3.63. The normalized spacial score (nSPS) is 16.5. The number of hydrogen-bond donors (Lipinski definition) is 1. The molecule has 0 saturated carbocycles. The fourth-order valence-electron chi connectivity index (χ4n) is 2.06. The number of carbonyl (C=O) groups is 2. The molecule has 2 amide bonds. The number of amides is 2. The molecule has 1 aliphatic heterocycles. The lowest BCUT2D eigenvalue weighted by molar-refractivity contribution is -0.119. The summed E-state index contributed by atoms with van der Waals surface area (Å²) in [5, 5.41) is 3.21. The number of nitrogens with one attached hydrogen (secondary N) is 1. The van der Waals surface area contributed by atoms with Crippen molar-refractivity contribution in [2.45, 2.75) is 26.3 Å². The summed E-state index contributed by atoms with van der Waals surface area (Å²) in [7, 11) is 0. The first-order valence-corrected chi connectivity index (χ1v) is 7.21. The highest BCUT2D eigenvalue weighted by molar-refractivity contribution is 5.92. The van der Waals surface area contributed by atoms with E-state index in [9.17, 15) is 9.59 Å². The molecule has 2 heterocycles. The first-order valence-electron chi connectivity index (χ1n) is 7.21. The van der Waals surface area contributed by atoms with E-state index in [1.807, 2.05) is 0 Å². The van der Waals surface area contributed by atoms with Crippen molar-refractivity contribution in [1.82, 2.24) is 19.8 Å². The van der Waals surface area contributed by atoms with Crippen LogP contribution in [0.15, 0.2) is 12.4 Å². The average molecular weight is 291 g/mol. The predicted octanol–water partition coefficient (Wildman–Crippen LogP) is 0.601. The molecule has 1 fully saturated rings. The number of rotatable bonds is 5. The van der Waals surface area contributed by atoms with Crippen LogP contribution in [-0.2, 0) is 4.79 Å². The average Bonchev–Trinajstić information content (AvgIpc) is 2.55. The van der Waals surface area contributed by atoms with Gasteiger partial charge in [-0.1, -0.05) is 6.92 Å². The van der Waals surface area contributed by atoms with Crippen LogP contribution in [0, 0.1) is 0 Å². The van der Waals surface area contributed by atoms with E-state index >= 15 is 0 Å². The van der Waals surface area contributed by atoms with Crippen molar-refractivity contribution in [3.63, 3.8) is 0 Å². The van der Waals surface area contributed by atoms with Crippen molar-refractivity contribution in [2.24, 2.45) is 0 Å². The van der Waals surface area contributed by atoms with Crippen molar-refractivity contribution in [1.29, 1.82) is 0 Å². The SMILES string of the molecule is CCC(C)Nc1cnc(C(=O)N2CCN(C=O)CC2)cn1. The van der Waals surface area contributed by atoms with E-state index in [4.69, 9.17) is 0 Å². The number of piperazine rings is 1. The summed E-state index contributed by atoms with van der Waals surface area (Å²) in [4.78, 5) is 34.7. The minimum Gasteiger partial charge on any atom is -0.366 e. The first kappa shape index (κ1) is 15.2. The highest BCUT2D eigenvalue weighted by atomic mass is 16.2. The topological polar surface area (TPSA) is 78.4 Å². The summed E-state index contributed by atoms with van der Waals surface area (Å²) in [5.74, 6) is 0.537. The van der Waals surface area contributed by atoms with Crippen molar-refractivity contribution in [2.75, 3.05) is 31.5 Å². The maximum absolute atomic E-state index is 12.3. The third-order valence-corrected chi connectivity index (χ3v) is 3.63. The van der Waals surface area contributed by atoms with Gasteiger partial charge in [-0.15, -0.1) is 0 Å². The molecule has 1 aromatic rings. The first-order chi connectivity index (χ1) is 10.1. The van der Waals surface area contributed by atoms with Gasteiger partial charge in [0, 0.05) is 32.2 Å². The van der Waals surface area contributed by atoms with Crippen LogP contribution < -0.4 is 5.32 Å². The molecule has 1 unspecified atom stereocenters. The Balaban J connectivity index is 1.95. The highest BCUT2D eigenvalue weighted by Gasteiger charge is 2.22. The molecule has 1 atom stereocenters. The third kappa shape index (κ3) is 3.90. The Hall–Kier alpha value is -2.18. The number of anilines is 1. The Morgan fingerprint density at radius 2 is 2.05 bits per heavy atom. The standard InChI is InChI=1S/C14H21N5O2/c1-3-11(2)17-13-9-15-12(8-16-13)14(21)19-6-4-18(10-20)5-7-19/h8-11H,3-7H2,1-2H3,(H,16,17). The molecule has 21 heavy (non-hydrogen) atoms. The van der Waals surface area contributed by atoms with Gasteiger partial charge in [0.2, 0.25) is 6.41 Å². The van der Waals surface area contributed by atoms with Gasteiger partial charge in [0.15, 0.2) is 0 Å². The molecule has 7 nitrogen and oxygen atoms in total. The fourth-order valence-corrected chi connectivity index (χ4v) is 2.06. The Bertz CT molecular complexity index is 483. The van der Waals surface area contributed by atoms with Crippen molar-refractivity contribution in [3.05, 3.63) is 18.1 Å². The molecule has 7 heteroatoms. The van der Waals surface area contributed by atoms with Crippen LogP contribution in [0.5, 0.6) is 0 Å². The monoisotopic (exact) mass is 291 g/mol. The van der Waals surface area contributed by atoms with Crippen LogP contribution in [0.4, 0.5) is 5.82 Å². The second kappa shape index (κ2) is 7.01. The summed E-state index contributed by atoms with van der Waals surface area (Å²) in [6.07, 6.45) is 4.89. The summed E-state index contributed by atoms with van der Waals surface area (Å²) >= 11 is 0. The maximum Gasteiger partial charge on any atom is 0.274 e. The number of aromatic nitrogens is 2. The van der Waals surface area contributed by atoms with Crippen LogP contribution in [0.25, 0.3) is 0 Å². The summed E-state index contributed by atoms with van der Waals surface area (Å²) in [5.41, 5.74) is 0.337. The molecular formula is C14H21N5O2. The second-order valence-electron chi connectivity index (χ2n) is 5.17. The van der Waals surface area contributed by atoms with Gasteiger partial charge < -0.3 is 15.1 Å². The van der Waals surface area contributed by atoms with Gasteiger partial charge >= 0.3 is 0 Å². The van der Waals surface area contributed by atoms with Crippen LogP contribution in [0.1, 0.15) is 30.8 Å². The quantitative estimate of drug-likeness (QED) is 0.804. The van der Waals surface area contributed by atoms with E-state index in [-0.39, 0.29) is 5.91 Å². The molecule has 0 spiro atoms. The maximum atomic E-state index is 12.3. The molecule has 0 aromatic carbocycles. The minimum atomic E-state index is -0.136. The van der Waals surface area contributed by atoms with Crippen LogP contribution in [-0.4, -0.2) is 64.3 Å². The lowest BCUT2D eigenvalue weighted by Crippen LogP contribution is -2.48. The van der Waals surface area contributed by atoms with E-state index in [0.717, 1.165) is 12.8 Å². The van der Waals surface area contributed by atoms with Gasteiger partial charge in [-0.25, -0.2) is 9.97 Å². The van der Waals surface area contributed by atoms with Gasteiger partial charge in [0.1, 0.15) is 11.5 Å². The van der Waals surface area contributed by atoms with E-state index in [0.29, 0.717) is 43.7 Å². The predicted molar refractivity (Wildman–Crippen MR) is 78.9 cm³/mol. The zero-order chi connectivity index (χ0) is 15.2. The van der Waals surface area contributed by atoms with Gasteiger partial charge in [0.25, 0.3) is 5.91 Å². The Kier molecular flexibility index (Phi) is 5.08. The van der Waals surface area contributed by atoms with Crippen LogP contribution >= 0.6 is 0 Å². The Morgan fingerprint density at radius 1 is 1.33 bits per heavy atom. The lowest BCUT2D eigenvalue weighted by atomic mass is 10.2. The largest absolute Gasteiger partial charge is 0.366 e. The van der Waals surface area contributed by atoms with E-state index in [1.165, 1.54) is 6.20 Å². The molecule has 1 saturated heterocycles. The molecule has 0 aliphatic carbocycles. The highest BCUT2D eigenvalue weighted by Crippen LogP contribution is 2.08. The van der Waals surface area contributed by atoms with Crippen molar-refractivity contribution < 1.29 is 9.59 Å². The molecule has 0 bridgehead atoms. The number of hydrogen-bond acceptors (Lipinski definition) is 5. The molecule has 1 aromatic heterocycles. The molecule has 0 radical (unpaired) electrons. The van der Waals surface area contributed by atoms with Gasteiger partial charge in [-0.2, -0.15) is 0 Å². The molecule has 1 N–H and O–H groups in total. The molecule has 2 rings (SSSR count).